The van der Waals surface area contributed by atoms with Gasteiger partial charge in [0.15, 0.2) is 0 Å². The molecule has 0 saturated carbocycles. The number of benzene rings is 2. The van der Waals surface area contributed by atoms with E-state index in [1.165, 1.54) is 0 Å². The molecule has 4 nitrogen and oxygen atoms in total. The summed E-state index contributed by atoms with van der Waals surface area (Å²) < 4.78 is 26.3. The fourth-order valence-electron chi connectivity index (χ4n) is 2.18. The Bertz CT molecular complexity index is 742. The molecule has 0 aliphatic heterocycles. The van der Waals surface area contributed by atoms with E-state index in [9.17, 15) is 18.4 Å². The van der Waals surface area contributed by atoms with Crippen LogP contribution in [0.25, 0.3) is 0 Å². The van der Waals surface area contributed by atoms with Crippen molar-refractivity contribution in [3.05, 3.63) is 65.7 Å². The quantitative estimate of drug-likeness (QED) is 0.520. The van der Waals surface area contributed by atoms with Gasteiger partial charge in [0.25, 0.3) is 5.91 Å². The van der Waals surface area contributed by atoms with E-state index >= 15 is 0 Å². The Kier molecular flexibility index (Phi) is 8.08. The molecule has 2 aromatic rings. The number of nitrogens with one attached hydrogen (secondary N) is 2. The maximum Gasteiger partial charge on any atom is 0.254 e. The highest BCUT2D eigenvalue weighted by molar-refractivity contribution is 7.99. The van der Waals surface area contributed by atoms with Crippen molar-refractivity contribution in [2.75, 3.05) is 18.8 Å². The van der Waals surface area contributed by atoms with Gasteiger partial charge >= 0.3 is 0 Å². The number of carbonyl (C=O) groups is 2. The van der Waals surface area contributed by atoms with Crippen molar-refractivity contribution in [3.63, 3.8) is 0 Å². The van der Waals surface area contributed by atoms with Crippen LogP contribution in [-0.4, -0.2) is 30.7 Å². The number of amides is 2. The molecule has 0 aromatic heterocycles. The first-order valence-corrected chi connectivity index (χ1v) is 9.22. The molecule has 0 spiro atoms. The van der Waals surface area contributed by atoms with Crippen LogP contribution in [0.1, 0.15) is 23.2 Å². The first-order chi connectivity index (χ1) is 12.6. The average Bonchev–Trinajstić information content (AvgIpc) is 2.63. The highest BCUT2D eigenvalue weighted by Crippen LogP contribution is 2.15. The SMILES string of the molecule is O=C(CCCNC(=O)c1ccc(F)cc1F)NCCSc1ccccc1. The zero-order chi connectivity index (χ0) is 18.8. The summed E-state index contributed by atoms with van der Waals surface area (Å²) in [5, 5.41) is 5.33. The third kappa shape index (κ3) is 6.84. The van der Waals surface area contributed by atoms with Gasteiger partial charge in [-0.3, -0.25) is 9.59 Å². The molecule has 0 aliphatic rings. The van der Waals surface area contributed by atoms with Gasteiger partial charge in [0.2, 0.25) is 5.91 Å². The molecule has 7 heteroatoms. The molecule has 138 valence electrons. The molecular weight excluding hydrogens is 358 g/mol. The molecular formula is C19H20F2N2O2S. The molecule has 2 amide bonds. The van der Waals surface area contributed by atoms with Gasteiger partial charge in [-0.1, -0.05) is 18.2 Å². The minimum atomic E-state index is -0.906. The summed E-state index contributed by atoms with van der Waals surface area (Å²) in [7, 11) is 0. The Labute approximate surface area is 155 Å². The lowest BCUT2D eigenvalue weighted by molar-refractivity contribution is -0.121. The molecule has 0 bridgehead atoms. The monoisotopic (exact) mass is 378 g/mol. The third-order valence-corrected chi connectivity index (χ3v) is 4.49. The normalized spacial score (nSPS) is 10.4. The second-order valence-corrected chi connectivity index (χ2v) is 6.66. The summed E-state index contributed by atoms with van der Waals surface area (Å²) in [6.45, 7) is 0.799. The van der Waals surface area contributed by atoms with E-state index < -0.39 is 17.5 Å². The van der Waals surface area contributed by atoms with E-state index in [1.54, 1.807) is 11.8 Å². The van der Waals surface area contributed by atoms with Crippen molar-refractivity contribution < 1.29 is 18.4 Å². The van der Waals surface area contributed by atoms with E-state index in [2.05, 4.69) is 10.6 Å². The van der Waals surface area contributed by atoms with Crippen LogP contribution in [0.4, 0.5) is 8.78 Å². The molecule has 0 unspecified atom stereocenters. The standard InChI is InChI=1S/C19H20F2N2O2S/c20-14-8-9-16(17(21)13-14)19(25)23-10-4-7-18(24)22-11-12-26-15-5-2-1-3-6-15/h1-3,5-6,8-9,13H,4,7,10-12H2,(H,22,24)(H,23,25). The highest BCUT2D eigenvalue weighted by atomic mass is 32.2. The van der Waals surface area contributed by atoms with Crippen molar-refractivity contribution in [2.45, 2.75) is 17.7 Å². The predicted octanol–water partition coefficient (Wildman–Crippen LogP) is 3.38. The Morgan fingerprint density at radius 2 is 1.73 bits per heavy atom. The van der Waals surface area contributed by atoms with Crippen molar-refractivity contribution in [3.8, 4) is 0 Å². The summed E-state index contributed by atoms with van der Waals surface area (Å²) in [5.41, 5.74) is -0.214. The molecule has 0 heterocycles. The summed E-state index contributed by atoms with van der Waals surface area (Å²) in [4.78, 5) is 24.7. The predicted molar refractivity (Wildman–Crippen MR) is 98.1 cm³/mol. The Balaban J connectivity index is 1.57. The molecule has 0 aliphatic carbocycles. The average molecular weight is 378 g/mol. The van der Waals surface area contributed by atoms with Crippen LogP contribution in [0.5, 0.6) is 0 Å². The molecule has 2 N–H and O–H groups in total. The zero-order valence-electron chi connectivity index (χ0n) is 14.1. The number of thioether (sulfide) groups is 1. The minimum Gasteiger partial charge on any atom is -0.355 e. The Hall–Kier alpha value is -2.41. The second kappa shape index (κ2) is 10.6. The van der Waals surface area contributed by atoms with E-state index in [1.807, 2.05) is 30.3 Å². The fourth-order valence-corrected chi connectivity index (χ4v) is 2.97. The van der Waals surface area contributed by atoms with Crippen LogP contribution in [0.15, 0.2) is 53.4 Å². The van der Waals surface area contributed by atoms with E-state index in [4.69, 9.17) is 0 Å². The van der Waals surface area contributed by atoms with E-state index in [-0.39, 0.29) is 24.4 Å². The van der Waals surface area contributed by atoms with Crippen molar-refractivity contribution in [1.29, 1.82) is 0 Å². The number of halogens is 2. The van der Waals surface area contributed by atoms with Crippen LogP contribution in [0, 0.1) is 11.6 Å². The summed E-state index contributed by atoms with van der Waals surface area (Å²) in [5.74, 6) is -1.59. The lowest BCUT2D eigenvalue weighted by atomic mass is 10.2. The first kappa shape index (κ1) is 19.9. The Morgan fingerprint density at radius 3 is 2.46 bits per heavy atom. The van der Waals surface area contributed by atoms with Crippen LogP contribution in [0.3, 0.4) is 0 Å². The zero-order valence-corrected chi connectivity index (χ0v) is 15.0. The van der Waals surface area contributed by atoms with E-state index in [0.717, 1.165) is 22.8 Å². The van der Waals surface area contributed by atoms with Crippen molar-refractivity contribution in [2.24, 2.45) is 0 Å². The molecule has 2 aromatic carbocycles. The minimum absolute atomic E-state index is 0.0964. The molecule has 2 rings (SSSR count). The van der Waals surface area contributed by atoms with Crippen LogP contribution in [0.2, 0.25) is 0 Å². The molecule has 0 radical (unpaired) electrons. The first-order valence-electron chi connectivity index (χ1n) is 8.24. The number of hydrogen-bond donors (Lipinski definition) is 2. The van der Waals surface area contributed by atoms with Gasteiger partial charge in [0, 0.05) is 36.2 Å². The van der Waals surface area contributed by atoms with Gasteiger partial charge in [0.05, 0.1) is 5.56 Å². The number of rotatable bonds is 9. The third-order valence-electron chi connectivity index (χ3n) is 3.48. The summed E-state index contributed by atoms with van der Waals surface area (Å²) in [6, 6.07) is 12.7. The summed E-state index contributed by atoms with van der Waals surface area (Å²) in [6.07, 6.45) is 0.703. The molecule has 26 heavy (non-hydrogen) atoms. The molecule has 0 atom stereocenters. The van der Waals surface area contributed by atoms with Crippen LogP contribution < -0.4 is 10.6 Å². The Morgan fingerprint density at radius 1 is 0.962 bits per heavy atom. The maximum absolute atomic E-state index is 13.5. The smallest absolute Gasteiger partial charge is 0.254 e. The van der Waals surface area contributed by atoms with Gasteiger partial charge in [0.1, 0.15) is 11.6 Å². The second-order valence-electron chi connectivity index (χ2n) is 5.50. The number of carbonyl (C=O) groups excluding carboxylic acids is 2. The largest absolute Gasteiger partial charge is 0.355 e. The molecule has 0 fully saturated rings. The lowest BCUT2D eigenvalue weighted by Gasteiger charge is -2.07. The van der Waals surface area contributed by atoms with Crippen LogP contribution >= 0.6 is 11.8 Å². The van der Waals surface area contributed by atoms with Gasteiger partial charge in [-0.15, -0.1) is 11.8 Å². The summed E-state index contributed by atoms with van der Waals surface area (Å²) >= 11 is 1.66. The van der Waals surface area contributed by atoms with Gasteiger partial charge in [-0.2, -0.15) is 0 Å². The maximum atomic E-state index is 13.5. The number of hydrogen-bond acceptors (Lipinski definition) is 3. The lowest BCUT2D eigenvalue weighted by Crippen LogP contribution is -2.29. The van der Waals surface area contributed by atoms with Gasteiger partial charge in [-0.05, 0) is 30.7 Å². The topological polar surface area (TPSA) is 58.2 Å². The van der Waals surface area contributed by atoms with Crippen molar-refractivity contribution in [1.82, 2.24) is 10.6 Å². The van der Waals surface area contributed by atoms with Crippen LogP contribution in [-0.2, 0) is 4.79 Å². The van der Waals surface area contributed by atoms with Gasteiger partial charge < -0.3 is 10.6 Å². The highest BCUT2D eigenvalue weighted by Gasteiger charge is 2.12. The van der Waals surface area contributed by atoms with Crippen molar-refractivity contribution >= 4 is 23.6 Å². The molecule has 0 saturated heterocycles. The fraction of sp³-hybridized carbons (Fsp3) is 0.263. The van der Waals surface area contributed by atoms with E-state index in [0.29, 0.717) is 19.0 Å². The van der Waals surface area contributed by atoms with Gasteiger partial charge in [-0.25, -0.2) is 8.78 Å².